The van der Waals surface area contributed by atoms with Gasteiger partial charge in [0.2, 0.25) is 5.91 Å². The molecule has 0 saturated carbocycles. The highest BCUT2D eigenvalue weighted by Crippen LogP contribution is 2.21. The van der Waals surface area contributed by atoms with Crippen molar-refractivity contribution >= 4 is 12.0 Å². The minimum atomic E-state index is -1.08. The van der Waals surface area contributed by atoms with Crippen LogP contribution in [-0.4, -0.2) is 52.6 Å². The van der Waals surface area contributed by atoms with E-state index in [2.05, 4.69) is 0 Å². The number of nitrogens with zero attached hydrogens (tertiary/aromatic N) is 2. The molecule has 2 amide bonds. The molecule has 0 saturated heterocycles. The van der Waals surface area contributed by atoms with Gasteiger partial charge in [0.25, 0.3) is 0 Å². The summed E-state index contributed by atoms with van der Waals surface area (Å²) in [5.74, 6) is -0.212. The zero-order valence-electron chi connectivity index (χ0n) is 13.3. The van der Waals surface area contributed by atoms with Gasteiger partial charge in [-0.2, -0.15) is 0 Å². The Labute approximate surface area is 126 Å². The van der Waals surface area contributed by atoms with E-state index in [0.29, 0.717) is 6.42 Å². The number of hydrogen-bond acceptors (Lipinski definition) is 2. The van der Waals surface area contributed by atoms with Gasteiger partial charge in [0.1, 0.15) is 6.04 Å². The lowest BCUT2D eigenvalue weighted by molar-refractivity contribution is -0.135. The Balaban J connectivity index is 3.18. The van der Waals surface area contributed by atoms with Crippen LogP contribution in [0.5, 0.6) is 0 Å². The van der Waals surface area contributed by atoms with Crippen LogP contribution in [0.2, 0.25) is 0 Å². The Hall–Kier alpha value is -2.04. The first kappa shape index (κ1) is 17.0. The Morgan fingerprint density at radius 3 is 2.05 bits per heavy atom. The molecule has 5 heteroatoms. The fourth-order valence-corrected chi connectivity index (χ4v) is 2.31. The lowest BCUT2D eigenvalue weighted by atomic mass is 9.97. The third-order valence-electron chi connectivity index (χ3n) is 3.24. The van der Waals surface area contributed by atoms with Gasteiger partial charge in [-0.25, -0.2) is 4.79 Å². The van der Waals surface area contributed by atoms with Gasteiger partial charge in [-0.05, 0) is 26.3 Å². The van der Waals surface area contributed by atoms with Gasteiger partial charge in [-0.3, -0.25) is 9.69 Å². The van der Waals surface area contributed by atoms with Crippen LogP contribution in [0.4, 0.5) is 4.79 Å². The molecule has 1 aromatic rings. The summed E-state index contributed by atoms with van der Waals surface area (Å²) < 4.78 is 0. The maximum Gasteiger partial charge on any atom is 0.408 e. The Morgan fingerprint density at radius 1 is 1.14 bits per heavy atom. The lowest BCUT2D eigenvalue weighted by Gasteiger charge is -2.39. The molecule has 116 valence electrons. The van der Waals surface area contributed by atoms with Crippen LogP contribution in [0.15, 0.2) is 30.3 Å². The van der Waals surface area contributed by atoms with Crippen LogP contribution >= 0.6 is 0 Å². The van der Waals surface area contributed by atoms with Crippen LogP contribution in [0.1, 0.15) is 26.3 Å². The minimum Gasteiger partial charge on any atom is -0.465 e. The van der Waals surface area contributed by atoms with E-state index >= 15 is 0 Å². The van der Waals surface area contributed by atoms with E-state index in [0.717, 1.165) is 5.56 Å². The topological polar surface area (TPSA) is 60.9 Å². The van der Waals surface area contributed by atoms with Gasteiger partial charge in [-0.15, -0.1) is 0 Å². The second kappa shape index (κ2) is 6.61. The minimum absolute atomic E-state index is 0.212. The van der Waals surface area contributed by atoms with Crippen molar-refractivity contribution in [3.63, 3.8) is 0 Å². The summed E-state index contributed by atoms with van der Waals surface area (Å²) in [7, 11) is 3.28. The predicted octanol–water partition coefficient (Wildman–Crippen LogP) is 2.46. The van der Waals surface area contributed by atoms with Crippen molar-refractivity contribution in [3.8, 4) is 0 Å². The standard InChI is InChI=1S/C16H24N2O3/c1-16(2,3)18(15(20)21)13(14(19)17(4)5)11-12-9-7-6-8-10-12/h6-10,13H,11H2,1-5H3,(H,20,21)/t13-/m0/s1. The summed E-state index contributed by atoms with van der Waals surface area (Å²) in [5.41, 5.74) is 0.282. The molecule has 1 rings (SSSR count). The molecule has 0 aliphatic carbocycles. The molecule has 0 spiro atoms. The smallest absolute Gasteiger partial charge is 0.408 e. The zero-order chi connectivity index (χ0) is 16.2. The molecule has 0 fully saturated rings. The molecule has 1 atom stereocenters. The molecule has 0 heterocycles. The van der Waals surface area contributed by atoms with Gasteiger partial charge in [0.05, 0.1) is 0 Å². The molecule has 5 nitrogen and oxygen atoms in total. The summed E-state index contributed by atoms with van der Waals surface area (Å²) in [6.07, 6.45) is -0.722. The maximum absolute atomic E-state index is 12.5. The number of amides is 2. The predicted molar refractivity (Wildman–Crippen MR) is 82.2 cm³/mol. The molecule has 21 heavy (non-hydrogen) atoms. The van der Waals surface area contributed by atoms with Gasteiger partial charge < -0.3 is 10.0 Å². The van der Waals surface area contributed by atoms with E-state index in [4.69, 9.17) is 0 Å². The molecule has 0 radical (unpaired) electrons. The van der Waals surface area contributed by atoms with Crippen LogP contribution < -0.4 is 0 Å². The summed E-state index contributed by atoms with van der Waals surface area (Å²) >= 11 is 0. The van der Waals surface area contributed by atoms with Crippen molar-refractivity contribution in [2.24, 2.45) is 0 Å². The van der Waals surface area contributed by atoms with Crippen LogP contribution in [0, 0.1) is 0 Å². The summed E-state index contributed by atoms with van der Waals surface area (Å²) in [6.45, 7) is 5.38. The highest BCUT2D eigenvalue weighted by atomic mass is 16.4. The number of likely N-dealkylation sites (N-methyl/N-ethyl adjacent to an activating group) is 1. The second-order valence-corrected chi connectivity index (χ2v) is 6.26. The molecule has 0 unspecified atom stereocenters. The van der Waals surface area contributed by atoms with Gasteiger partial charge in [-0.1, -0.05) is 30.3 Å². The fourth-order valence-electron chi connectivity index (χ4n) is 2.31. The van der Waals surface area contributed by atoms with Crippen LogP contribution in [0.25, 0.3) is 0 Å². The maximum atomic E-state index is 12.5. The second-order valence-electron chi connectivity index (χ2n) is 6.26. The highest BCUT2D eigenvalue weighted by Gasteiger charge is 2.38. The van der Waals surface area contributed by atoms with E-state index in [1.807, 2.05) is 30.3 Å². The van der Waals surface area contributed by atoms with Crippen molar-refractivity contribution in [3.05, 3.63) is 35.9 Å². The first-order valence-electron chi connectivity index (χ1n) is 6.92. The Morgan fingerprint density at radius 2 is 1.67 bits per heavy atom. The summed E-state index contributed by atoms with van der Waals surface area (Å²) in [5, 5.41) is 9.54. The first-order chi connectivity index (χ1) is 9.64. The number of hydrogen-bond donors (Lipinski definition) is 1. The number of carbonyl (C=O) groups is 2. The molecule has 1 N–H and O–H groups in total. The lowest BCUT2D eigenvalue weighted by Crippen LogP contribution is -2.57. The number of rotatable bonds is 4. The van der Waals surface area contributed by atoms with E-state index in [9.17, 15) is 14.7 Å². The normalized spacial score (nSPS) is 12.6. The van der Waals surface area contributed by atoms with Crippen molar-refractivity contribution < 1.29 is 14.7 Å². The van der Waals surface area contributed by atoms with Crippen LogP contribution in [0.3, 0.4) is 0 Å². The molecule has 0 aliphatic heterocycles. The molecule has 0 bridgehead atoms. The largest absolute Gasteiger partial charge is 0.465 e. The average molecular weight is 292 g/mol. The Kier molecular flexibility index (Phi) is 5.35. The van der Waals surface area contributed by atoms with Gasteiger partial charge in [0.15, 0.2) is 0 Å². The SMILES string of the molecule is CN(C)C(=O)[C@H](Cc1ccccc1)N(C(=O)O)C(C)(C)C. The van der Waals surface area contributed by atoms with Gasteiger partial charge in [0, 0.05) is 26.1 Å². The molecule has 0 aliphatic rings. The molecular weight excluding hydrogens is 268 g/mol. The molecular formula is C16H24N2O3. The average Bonchev–Trinajstić information content (AvgIpc) is 2.36. The van der Waals surface area contributed by atoms with Crippen molar-refractivity contribution in [2.75, 3.05) is 14.1 Å². The molecule has 1 aromatic carbocycles. The van der Waals surface area contributed by atoms with Crippen molar-refractivity contribution in [1.29, 1.82) is 0 Å². The van der Waals surface area contributed by atoms with E-state index in [-0.39, 0.29) is 5.91 Å². The van der Waals surface area contributed by atoms with E-state index in [1.54, 1.807) is 34.9 Å². The third-order valence-corrected chi connectivity index (χ3v) is 3.24. The van der Waals surface area contributed by atoms with Crippen LogP contribution in [-0.2, 0) is 11.2 Å². The molecule has 0 aromatic heterocycles. The zero-order valence-corrected chi connectivity index (χ0v) is 13.3. The third kappa shape index (κ3) is 4.48. The fraction of sp³-hybridized carbons (Fsp3) is 0.500. The summed E-state index contributed by atoms with van der Waals surface area (Å²) in [6, 6.07) is 8.73. The van der Waals surface area contributed by atoms with Crippen molar-refractivity contribution in [1.82, 2.24) is 9.80 Å². The highest BCUT2D eigenvalue weighted by molar-refractivity contribution is 5.85. The number of benzene rings is 1. The van der Waals surface area contributed by atoms with E-state index in [1.165, 1.54) is 9.80 Å². The number of carbonyl (C=O) groups excluding carboxylic acids is 1. The Bertz CT molecular complexity index is 492. The quantitative estimate of drug-likeness (QED) is 0.927. The summed E-state index contributed by atoms with van der Waals surface area (Å²) in [4.78, 5) is 26.8. The first-order valence-corrected chi connectivity index (χ1v) is 6.92. The number of carboxylic acid groups (broad SMARTS) is 1. The van der Waals surface area contributed by atoms with Crippen molar-refractivity contribution in [2.45, 2.75) is 38.8 Å². The monoisotopic (exact) mass is 292 g/mol. The van der Waals surface area contributed by atoms with E-state index < -0.39 is 17.7 Å². The van der Waals surface area contributed by atoms with Gasteiger partial charge >= 0.3 is 6.09 Å².